The first-order chi connectivity index (χ1) is 13.8. The fraction of sp³-hybridized carbons (Fsp3) is 0.100. The van der Waals surface area contributed by atoms with E-state index in [1.165, 1.54) is 11.8 Å². The Kier molecular flexibility index (Phi) is 6.31. The Balaban J connectivity index is 1.73. The Labute approximate surface area is 177 Å². The number of pyridine rings is 2. The molecule has 2 aromatic heterocycles. The lowest BCUT2D eigenvalue weighted by atomic mass is 10.2. The number of nitrogens with one attached hydrogen (secondary N) is 2. The minimum atomic E-state index is -0.424. The maximum atomic E-state index is 12.5. The zero-order valence-corrected chi connectivity index (χ0v) is 17.1. The number of anilines is 4. The van der Waals surface area contributed by atoms with Gasteiger partial charge in [-0.05, 0) is 30.3 Å². The summed E-state index contributed by atoms with van der Waals surface area (Å²) in [6.07, 6.45) is 3.12. The van der Waals surface area contributed by atoms with Crippen LogP contribution >= 0.6 is 23.2 Å². The van der Waals surface area contributed by atoms with Crippen molar-refractivity contribution in [1.29, 1.82) is 0 Å². The molecule has 0 fully saturated rings. The van der Waals surface area contributed by atoms with E-state index in [1.54, 1.807) is 61.9 Å². The lowest BCUT2D eigenvalue weighted by Crippen LogP contribution is -2.22. The topological polar surface area (TPSA) is 87.2 Å². The molecule has 1 aromatic carbocycles. The SMILES string of the molecule is CC(=O)N(C)c1ccc(Nc2cc(NC(=O)c3c(Cl)cccc3Cl)ccn2)nc1. The molecule has 29 heavy (non-hydrogen) atoms. The van der Waals surface area contributed by atoms with Gasteiger partial charge in [0.1, 0.15) is 11.6 Å². The summed E-state index contributed by atoms with van der Waals surface area (Å²) in [5.74, 6) is 0.507. The zero-order valence-electron chi connectivity index (χ0n) is 15.6. The quantitative estimate of drug-likeness (QED) is 0.610. The minimum Gasteiger partial charge on any atom is -0.325 e. The van der Waals surface area contributed by atoms with Crippen LogP contribution in [0, 0.1) is 0 Å². The number of aromatic nitrogens is 2. The molecule has 0 bridgehead atoms. The van der Waals surface area contributed by atoms with Crippen LogP contribution in [-0.4, -0.2) is 28.8 Å². The lowest BCUT2D eigenvalue weighted by Gasteiger charge is -2.15. The van der Waals surface area contributed by atoms with Gasteiger partial charge in [0, 0.05) is 31.9 Å². The van der Waals surface area contributed by atoms with Crippen molar-refractivity contribution in [2.24, 2.45) is 0 Å². The van der Waals surface area contributed by atoms with Crippen LogP contribution in [0.1, 0.15) is 17.3 Å². The van der Waals surface area contributed by atoms with Gasteiger partial charge >= 0.3 is 0 Å². The first-order valence-corrected chi connectivity index (χ1v) is 9.29. The van der Waals surface area contributed by atoms with Crippen LogP contribution in [-0.2, 0) is 4.79 Å². The van der Waals surface area contributed by atoms with Crippen molar-refractivity contribution in [2.75, 3.05) is 22.6 Å². The molecule has 9 heteroatoms. The highest BCUT2D eigenvalue weighted by Crippen LogP contribution is 2.26. The van der Waals surface area contributed by atoms with Gasteiger partial charge in [-0.25, -0.2) is 9.97 Å². The second-order valence-corrected chi connectivity index (χ2v) is 6.90. The van der Waals surface area contributed by atoms with Crippen molar-refractivity contribution < 1.29 is 9.59 Å². The molecule has 0 saturated heterocycles. The van der Waals surface area contributed by atoms with Gasteiger partial charge in [0.15, 0.2) is 0 Å². The van der Waals surface area contributed by atoms with Crippen molar-refractivity contribution in [3.8, 4) is 0 Å². The Hall–Kier alpha value is -3.16. The number of carbonyl (C=O) groups excluding carboxylic acids is 2. The Morgan fingerprint density at radius 3 is 2.34 bits per heavy atom. The number of rotatable bonds is 5. The molecule has 7 nitrogen and oxygen atoms in total. The van der Waals surface area contributed by atoms with Gasteiger partial charge < -0.3 is 15.5 Å². The molecule has 0 aliphatic rings. The van der Waals surface area contributed by atoms with Gasteiger partial charge in [-0.2, -0.15) is 0 Å². The molecular formula is C20H17Cl2N5O2. The fourth-order valence-electron chi connectivity index (χ4n) is 2.46. The summed E-state index contributed by atoms with van der Waals surface area (Å²) in [6.45, 7) is 1.48. The molecule has 3 rings (SSSR count). The molecule has 0 aliphatic heterocycles. The lowest BCUT2D eigenvalue weighted by molar-refractivity contribution is -0.116. The summed E-state index contributed by atoms with van der Waals surface area (Å²) < 4.78 is 0. The summed E-state index contributed by atoms with van der Waals surface area (Å²) in [4.78, 5) is 33.9. The highest BCUT2D eigenvalue weighted by atomic mass is 35.5. The zero-order chi connectivity index (χ0) is 21.0. The first-order valence-electron chi connectivity index (χ1n) is 8.54. The Bertz CT molecular complexity index is 1040. The van der Waals surface area contributed by atoms with Crippen LogP contribution in [0.2, 0.25) is 10.0 Å². The molecule has 2 N–H and O–H groups in total. The van der Waals surface area contributed by atoms with Crippen LogP contribution < -0.4 is 15.5 Å². The predicted octanol–water partition coefficient (Wildman–Crippen LogP) is 4.76. The van der Waals surface area contributed by atoms with E-state index < -0.39 is 5.91 Å². The van der Waals surface area contributed by atoms with E-state index >= 15 is 0 Å². The molecule has 3 aromatic rings. The van der Waals surface area contributed by atoms with Crippen molar-refractivity contribution in [2.45, 2.75) is 6.92 Å². The molecule has 2 amide bonds. The van der Waals surface area contributed by atoms with Crippen molar-refractivity contribution in [3.05, 3.63) is 70.5 Å². The van der Waals surface area contributed by atoms with Gasteiger partial charge in [-0.1, -0.05) is 29.3 Å². The molecule has 0 saturated carbocycles. The van der Waals surface area contributed by atoms with E-state index in [4.69, 9.17) is 23.2 Å². The number of hydrogen-bond acceptors (Lipinski definition) is 5. The molecule has 0 unspecified atom stereocenters. The van der Waals surface area contributed by atoms with Gasteiger partial charge in [-0.3, -0.25) is 9.59 Å². The fourth-order valence-corrected chi connectivity index (χ4v) is 3.03. The molecule has 2 heterocycles. The molecule has 0 spiro atoms. The largest absolute Gasteiger partial charge is 0.325 e. The van der Waals surface area contributed by atoms with E-state index in [1.807, 2.05) is 0 Å². The third-order valence-electron chi connectivity index (χ3n) is 4.07. The summed E-state index contributed by atoms with van der Waals surface area (Å²) in [5.41, 5.74) is 1.39. The monoisotopic (exact) mass is 429 g/mol. The smallest absolute Gasteiger partial charge is 0.258 e. The molecular weight excluding hydrogens is 413 g/mol. The second-order valence-electron chi connectivity index (χ2n) is 6.09. The van der Waals surface area contributed by atoms with Crippen LogP contribution in [0.3, 0.4) is 0 Å². The van der Waals surface area contributed by atoms with E-state index in [9.17, 15) is 9.59 Å². The maximum absolute atomic E-state index is 12.5. The number of halogens is 2. The number of benzene rings is 1. The minimum absolute atomic E-state index is 0.0868. The third kappa shape index (κ3) is 5.01. The van der Waals surface area contributed by atoms with E-state index in [0.29, 0.717) is 23.0 Å². The molecule has 0 aliphatic carbocycles. The Morgan fingerprint density at radius 1 is 1.00 bits per heavy atom. The highest BCUT2D eigenvalue weighted by Gasteiger charge is 2.15. The maximum Gasteiger partial charge on any atom is 0.258 e. The Morgan fingerprint density at radius 2 is 1.72 bits per heavy atom. The van der Waals surface area contributed by atoms with E-state index in [0.717, 1.165) is 0 Å². The number of carbonyl (C=O) groups is 2. The molecule has 0 atom stereocenters. The van der Waals surface area contributed by atoms with Crippen LogP contribution in [0.25, 0.3) is 0 Å². The average Bonchev–Trinajstić information content (AvgIpc) is 2.68. The average molecular weight is 430 g/mol. The number of hydrogen-bond donors (Lipinski definition) is 2. The van der Waals surface area contributed by atoms with Gasteiger partial charge in [0.05, 0.1) is 27.5 Å². The van der Waals surface area contributed by atoms with Gasteiger partial charge in [0.25, 0.3) is 5.91 Å². The predicted molar refractivity (Wildman–Crippen MR) is 115 cm³/mol. The standard InChI is InChI=1S/C20H17Cl2N5O2/c1-12(28)27(2)14-6-7-17(24-11-14)26-18-10-13(8-9-23-18)25-20(29)19-15(21)4-3-5-16(19)22/h3-11H,1-2H3,(H2,23,24,25,26,29). The number of amides is 2. The van der Waals surface area contributed by atoms with Crippen molar-refractivity contribution >= 4 is 58.0 Å². The van der Waals surface area contributed by atoms with Gasteiger partial charge in [-0.15, -0.1) is 0 Å². The van der Waals surface area contributed by atoms with Crippen LogP contribution in [0.4, 0.5) is 23.0 Å². The van der Waals surface area contributed by atoms with Crippen molar-refractivity contribution in [1.82, 2.24) is 9.97 Å². The third-order valence-corrected chi connectivity index (χ3v) is 4.70. The normalized spacial score (nSPS) is 10.3. The summed E-state index contributed by atoms with van der Waals surface area (Å²) >= 11 is 12.2. The van der Waals surface area contributed by atoms with E-state index in [2.05, 4.69) is 20.6 Å². The first kappa shape index (κ1) is 20.6. The molecule has 148 valence electrons. The van der Waals surface area contributed by atoms with Gasteiger partial charge in [0.2, 0.25) is 5.91 Å². The summed E-state index contributed by atoms with van der Waals surface area (Å²) in [7, 11) is 1.67. The number of nitrogens with zero attached hydrogens (tertiary/aromatic N) is 3. The molecule has 0 radical (unpaired) electrons. The van der Waals surface area contributed by atoms with Crippen molar-refractivity contribution in [3.63, 3.8) is 0 Å². The summed E-state index contributed by atoms with van der Waals surface area (Å²) in [6, 6.07) is 11.7. The summed E-state index contributed by atoms with van der Waals surface area (Å²) in [5, 5.41) is 6.33. The van der Waals surface area contributed by atoms with E-state index in [-0.39, 0.29) is 21.5 Å². The van der Waals surface area contributed by atoms with Crippen LogP contribution in [0.15, 0.2) is 54.9 Å². The van der Waals surface area contributed by atoms with Crippen LogP contribution in [0.5, 0.6) is 0 Å². The highest BCUT2D eigenvalue weighted by molar-refractivity contribution is 6.40. The second kappa shape index (κ2) is 8.89.